The number of H-pyrrole nitrogens is 1. The molecule has 0 radical (unpaired) electrons. The Morgan fingerprint density at radius 1 is 1.07 bits per heavy atom. The fourth-order valence-corrected chi connectivity index (χ4v) is 6.63. The predicted octanol–water partition coefficient (Wildman–Crippen LogP) is -2.37. The van der Waals surface area contributed by atoms with Gasteiger partial charge in [0.15, 0.2) is 41.2 Å². The number of nitrogens with two attached hydrogens (primary N) is 1. The largest absolute Gasteiger partial charge is 0.695 e. The van der Waals surface area contributed by atoms with Crippen LogP contribution in [0.15, 0.2) is 23.8 Å². The maximum atomic E-state index is 13.2. The van der Waals surface area contributed by atoms with E-state index in [4.69, 9.17) is 28.8 Å². The summed E-state index contributed by atoms with van der Waals surface area (Å²) in [5.74, 6) is 0.0949. The van der Waals surface area contributed by atoms with Crippen LogP contribution in [0.4, 0.5) is 11.8 Å². The van der Waals surface area contributed by atoms with Crippen molar-refractivity contribution in [1.82, 2.24) is 39.0 Å². The van der Waals surface area contributed by atoms with E-state index in [1.807, 2.05) is 0 Å². The molecule has 0 spiro atoms. The Bertz CT molecular complexity index is 1870. The van der Waals surface area contributed by atoms with Crippen LogP contribution in [-0.4, -0.2) is 121 Å². The number of nitrogen functional groups attached to an aromatic ring is 1. The highest BCUT2D eigenvalue weighted by Crippen LogP contribution is 2.50. The van der Waals surface area contributed by atoms with Crippen molar-refractivity contribution in [2.75, 3.05) is 31.3 Å². The summed E-state index contributed by atoms with van der Waals surface area (Å²) in [5.41, 5.74) is 5.21. The van der Waals surface area contributed by atoms with E-state index in [1.165, 1.54) is 17.2 Å². The number of imidazole rings is 2. The lowest BCUT2D eigenvalue weighted by Gasteiger charge is -2.24. The molecule has 25 heteroatoms. The molecule has 2 saturated heterocycles. The van der Waals surface area contributed by atoms with Crippen molar-refractivity contribution >= 4 is 50.2 Å². The Kier molecular flexibility index (Phi) is 8.84. The van der Waals surface area contributed by atoms with Crippen LogP contribution in [0.1, 0.15) is 12.5 Å². The normalized spacial score (nSPS) is 29.8. The lowest BCUT2D eigenvalue weighted by atomic mass is 10.1. The standard InChI is InChI=1S/C21H26N10O13P2/c1-23-15-9-16(25-4-24-15)30(5-26-9)19-12(34)13(43-45(36)37)8(42-19)3-40-46(38,39)44-14-11(33)7(2-32)41-20(14)31-6-27-10-17(31)28-21(22)29-18(10)35/h4-8,11-14,19-20,32-34H,2-3H2,1H3,(H5-,22,23,24,25,28,29,35,36,37,38,39)/p+1/t7-,8-,11-,12-,13-,14-,19-,20-/m1/s1. The van der Waals surface area contributed by atoms with E-state index in [0.29, 0.717) is 11.3 Å². The molecule has 2 aliphatic heterocycles. The first kappa shape index (κ1) is 32.4. The summed E-state index contributed by atoms with van der Waals surface area (Å²) in [5, 5.41) is 34.3. The average molecular weight is 689 g/mol. The molecule has 4 aromatic heterocycles. The number of fused-ring (bicyclic) bond motifs is 2. The second-order valence-corrected chi connectivity index (χ2v) is 12.1. The highest BCUT2D eigenvalue weighted by Gasteiger charge is 2.53. The summed E-state index contributed by atoms with van der Waals surface area (Å²) in [6.45, 7) is -1.56. The van der Waals surface area contributed by atoms with Gasteiger partial charge in [-0.1, -0.05) is 0 Å². The maximum Gasteiger partial charge on any atom is 0.695 e. The zero-order valence-electron chi connectivity index (χ0n) is 23.4. The van der Waals surface area contributed by atoms with Crippen LogP contribution in [0.2, 0.25) is 0 Å². The van der Waals surface area contributed by atoms with Crippen molar-refractivity contribution in [3.05, 3.63) is 29.3 Å². The second kappa shape index (κ2) is 12.6. The summed E-state index contributed by atoms with van der Waals surface area (Å²) in [4.78, 5) is 54.9. The Morgan fingerprint density at radius 2 is 1.76 bits per heavy atom. The number of phosphoric ester groups is 1. The van der Waals surface area contributed by atoms with Crippen molar-refractivity contribution in [1.29, 1.82) is 0 Å². The number of aromatic nitrogens is 8. The molecular formula is C21H27N10O13P2+. The molecular weight excluding hydrogens is 662 g/mol. The van der Waals surface area contributed by atoms with Crippen LogP contribution in [0.25, 0.3) is 22.3 Å². The smallest absolute Gasteiger partial charge is 0.394 e. The number of aliphatic hydroxyl groups excluding tert-OH is 3. The lowest BCUT2D eigenvalue weighted by Crippen LogP contribution is -2.36. The number of hydrogen-bond donors (Lipinski definition) is 8. The van der Waals surface area contributed by atoms with E-state index in [0.717, 1.165) is 10.9 Å². The molecule has 2 aliphatic rings. The third-order valence-electron chi connectivity index (χ3n) is 7.27. The van der Waals surface area contributed by atoms with Crippen molar-refractivity contribution < 1.29 is 57.3 Å². The van der Waals surface area contributed by atoms with Crippen LogP contribution in [0.3, 0.4) is 0 Å². The molecule has 0 bridgehead atoms. The van der Waals surface area contributed by atoms with Crippen molar-refractivity contribution in [2.24, 2.45) is 0 Å². The summed E-state index contributed by atoms with van der Waals surface area (Å²) < 4.78 is 54.0. The van der Waals surface area contributed by atoms with Gasteiger partial charge in [-0.05, 0) is 0 Å². The number of nitrogens with one attached hydrogen (secondary N) is 2. The van der Waals surface area contributed by atoms with Gasteiger partial charge in [0, 0.05) is 11.6 Å². The van der Waals surface area contributed by atoms with E-state index < -0.39 is 83.9 Å². The van der Waals surface area contributed by atoms with Gasteiger partial charge in [0.2, 0.25) is 5.95 Å². The summed E-state index contributed by atoms with van der Waals surface area (Å²) in [6, 6.07) is 0. The lowest BCUT2D eigenvalue weighted by molar-refractivity contribution is -0.0609. The zero-order valence-corrected chi connectivity index (χ0v) is 25.2. The number of ether oxygens (including phenoxy) is 2. The summed E-state index contributed by atoms with van der Waals surface area (Å²) in [6.07, 6.45) is -8.48. The van der Waals surface area contributed by atoms with Crippen LogP contribution < -0.4 is 16.6 Å². The van der Waals surface area contributed by atoms with E-state index >= 15 is 0 Å². The molecule has 2 fully saturated rings. The van der Waals surface area contributed by atoms with Crippen molar-refractivity contribution in [2.45, 2.75) is 49.1 Å². The number of rotatable bonds is 11. The number of nitrogens with zero attached hydrogens (tertiary/aromatic N) is 7. The molecule has 9 N–H and O–H groups in total. The summed E-state index contributed by atoms with van der Waals surface area (Å²) >= 11 is 0. The molecule has 2 unspecified atom stereocenters. The first-order chi connectivity index (χ1) is 21.9. The van der Waals surface area contributed by atoms with Gasteiger partial charge in [-0.3, -0.25) is 28.0 Å². The predicted molar refractivity (Wildman–Crippen MR) is 150 cm³/mol. The van der Waals surface area contributed by atoms with E-state index in [1.54, 1.807) is 7.05 Å². The van der Waals surface area contributed by atoms with E-state index in [-0.39, 0.29) is 22.8 Å². The SMILES string of the molecule is CNc1ncnc2c1ncn2[C@@H]1O[C@H](COP(=O)(O)O[C@@H]2[C@H](O)[C@@H](CO)O[C@H]2n2cnc3c(=O)[nH]c(N)nc32)[C@@H](O[P+](=O)O)[C@H]1O. The number of phosphoric acid groups is 1. The van der Waals surface area contributed by atoms with Crippen LogP contribution >= 0.6 is 16.1 Å². The highest BCUT2D eigenvalue weighted by molar-refractivity contribution is 7.47. The number of hydrogen-bond acceptors (Lipinski definition) is 18. The molecule has 6 heterocycles. The van der Waals surface area contributed by atoms with Gasteiger partial charge in [0.25, 0.3) is 5.56 Å². The average Bonchev–Trinajstić information content (AvgIpc) is 3.77. The van der Waals surface area contributed by atoms with Gasteiger partial charge in [0.05, 0.1) is 25.9 Å². The Morgan fingerprint density at radius 3 is 2.46 bits per heavy atom. The fourth-order valence-electron chi connectivity index (χ4n) is 5.23. The van der Waals surface area contributed by atoms with Crippen LogP contribution in [0.5, 0.6) is 0 Å². The monoisotopic (exact) mass is 689 g/mol. The molecule has 10 atom stereocenters. The van der Waals surface area contributed by atoms with Crippen molar-refractivity contribution in [3.63, 3.8) is 0 Å². The first-order valence-electron chi connectivity index (χ1n) is 13.3. The molecule has 23 nitrogen and oxygen atoms in total. The Labute approximate surface area is 256 Å². The summed E-state index contributed by atoms with van der Waals surface area (Å²) in [7, 11) is -6.84. The van der Waals surface area contributed by atoms with Gasteiger partial charge in [-0.2, -0.15) is 4.98 Å². The number of aromatic amines is 1. The van der Waals surface area contributed by atoms with Gasteiger partial charge in [-0.15, -0.1) is 9.42 Å². The molecule has 0 aromatic carbocycles. The quantitative estimate of drug-likeness (QED) is 0.0763. The molecule has 6 rings (SSSR count). The topological polar surface area (TPSA) is 327 Å². The fraction of sp³-hybridized carbons (Fsp3) is 0.524. The molecule has 46 heavy (non-hydrogen) atoms. The highest BCUT2D eigenvalue weighted by atomic mass is 31.2. The minimum Gasteiger partial charge on any atom is -0.394 e. The van der Waals surface area contributed by atoms with E-state index in [9.17, 15) is 39.0 Å². The second-order valence-electron chi connectivity index (χ2n) is 10.0. The molecule has 0 amide bonds. The Balaban J connectivity index is 1.22. The van der Waals surface area contributed by atoms with Gasteiger partial charge in [0.1, 0.15) is 42.4 Å². The maximum absolute atomic E-state index is 13.2. The van der Waals surface area contributed by atoms with Crippen molar-refractivity contribution in [3.8, 4) is 0 Å². The third kappa shape index (κ3) is 5.88. The first-order valence-corrected chi connectivity index (χ1v) is 15.9. The molecule has 0 aliphatic carbocycles. The van der Waals surface area contributed by atoms with Gasteiger partial charge in [-0.25, -0.2) is 24.5 Å². The van der Waals surface area contributed by atoms with Crippen LogP contribution in [0, 0.1) is 0 Å². The number of anilines is 2. The molecule has 4 aromatic rings. The third-order valence-corrected chi connectivity index (χ3v) is 8.67. The van der Waals surface area contributed by atoms with Gasteiger partial charge >= 0.3 is 16.1 Å². The van der Waals surface area contributed by atoms with E-state index in [2.05, 4.69) is 35.2 Å². The molecule has 248 valence electrons. The Hall–Kier alpha value is -3.57. The minimum atomic E-state index is -5.17. The van der Waals surface area contributed by atoms with Crippen LogP contribution in [-0.2, 0) is 32.2 Å². The zero-order chi connectivity index (χ0) is 32.9. The minimum absolute atomic E-state index is 0.115. The molecule has 0 saturated carbocycles. The number of aliphatic hydroxyl groups is 3. The van der Waals surface area contributed by atoms with Gasteiger partial charge < -0.3 is 40.7 Å².